The molecule has 2 atom stereocenters. The van der Waals surface area contributed by atoms with Crippen molar-refractivity contribution in [1.29, 1.82) is 0 Å². The summed E-state index contributed by atoms with van der Waals surface area (Å²) >= 11 is 0. The average Bonchev–Trinajstić information content (AvgIpc) is 2.67. The van der Waals surface area contributed by atoms with E-state index in [0.717, 1.165) is 70.6 Å². The van der Waals surface area contributed by atoms with Crippen molar-refractivity contribution in [2.75, 3.05) is 0 Å². The van der Waals surface area contributed by atoms with E-state index in [2.05, 4.69) is 55.4 Å². The quantitative estimate of drug-likeness (QED) is 0.169. The van der Waals surface area contributed by atoms with E-state index in [1.807, 2.05) is 0 Å². The zero-order valence-corrected chi connectivity index (χ0v) is 20.1. The van der Waals surface area contributed by atoms with Gasteiger partial charge >= 0.3 is 0 Å². The minimum atomic E-state index is -0.826. The lowest BCUT2D eigenvalue weighted by molar-refractivity contribution is -0.554. The average molecular weight is 401 g/mol. The van der Waals surface area contributed by atoms with E-state index in [9.17, 15) is 0 Å². The van der Waals surface area contributed by atoms with Crippen LogP contribution in [0.4, 0.5) is 0 Å². The summed E-state index contributed by atoms with van der Waals surface area (Å²) in [6.45, 7) is 17.6. The highest BCUT2D eigenvalue weighted by molar-refractivity contribution is 4.85. The first kappa shape index (κ1) is 25.9. The molecule has 1 saturated carbocycles. The van der Waals surface area contributed by atoms with Crippen LogP contribution in [0, 0.1) is 5.41 Å². The zero-order chi connectivity index (χ0) is 21.3. The summed E-state index contributed by atoms with van der Waals surface area (Å²) in [4.78, 5) is 24.5. The number of hydrogen-bond acceptors (Lipinski definition) is 4. The van der Waals surface area contributed by atoms with Crippen LogP contribution in [0.5, 0.6) is 0 Å². The van der Waals surface area contributed by atoms with Crippen LogP contribution in [0.3, 0.4) is 0 Å². The molecule has 0 N–H and O–H groups in total. The second-order valence-electron chi connectivity index (χ2n) is 10.3. The van der Waals surface area contributed by atoms with Gasteiger partial charge in [0, 0.05) is 12.8 Å². The minimum Gasteiger partial charge on any atom is -0.227 e. The minimum absolute atomic E-state index is 0.142. The summed E-state index contributed by atoms with van der Waals surface area (Å²) in [5.41, 5.74) is -0.433. The van der Waals surface area contributed by atoms with Gasteiger partial charge in [0.2, 0.25) is 5.79 Å². The standard InChI is InChI=1S/C24H48O4/c1-9-13-17-22(7,11-3)25-27-24(19-15-16-21(5,6)20-24)28-26-23(8,12-4)18-14-10-2/h9-20H2,1-8H3. The number of rotatable bonds is 14. The number of hydrogen-bond donors (Lipinski definition) is 0. The van der Waals surface area contributed by atoms with Crippen molar-refractivity contribution in [3.63, 3.8) is 0 Å². The van der Waals surface area contributed by atoms with Crippen molar-refractivity contribution in [2.45, 2.75) is 149 Å². The first-order valence-corrected chi connectivity index (χ1v) is 11.8. The van der Waals surface area contributed by atoms with Gasteiger partial charge in [0.25, 0.3) is 0 Å². The van der Waals surface area contributed by atoms with Gasteiger partial charge in [-0.25, -0.2) is 9.78 Å². The van der Waals surface area contributed by atoms with Gasteiger partial charge in [0.1, 0.15) is 11.2 Å². The smallest absolute Gasteiger partial charge is 0.227 e. The molecule has 1 aliphatic carbocycles. The molecule has 0 saturated heterocycles. The summed E-state index contributed by atoms with van der Waals surface area (Å²) in [5.74, 6) is -0.826. The molecule has 1 aliphatic rings. The molecular formula is C24H48O4. The Labute approximate surface area is 174 Å². The van der Waals surface area contributed by atoms with E-state index >= 15 is 0 Å². The molecule has 0 aromatic carbocycles. The van der Waals surface area contributed by atoms with Gasteiger partial charge in [-0.1, -0.05) is 67.2 Å². The van der Waals surface area contributed by atoms with E-state index < -0.39 is 5.79 Å². The molecule has 0 aromatic rings. The summed E-state index contributed by atoms with van der Waals surface area (Å²) in [6.07, 6.45) is 12.2. The molecule has 168 valence electrons. The number of unbranched alkanes of at least 4 members (excludes halogenated alkanes) is 2. The monoisotopic (exact) mass is 400 g/mol. The maximum atomic E-state index is 6.16. The van der Waals surface area contributed by atoms with Crippen LogP contribution < -0.4 is 0 Å². The fourth-order valence-corrected chi connectivity index (χ4v) is 3.91. The Morgan fingerprint density at radius 2 is 1.21 bits per heavy atom. The highest BCUT2D eigenvalue weighted by Gasteiger charge is 2.47. The SMILES string of the molecule is CCCCC(C)(CC)OOC1(OOC(C)(CC)CCCC)CCCC(C)(C)C1. The molecule has 4 heteroatoms. The Morgan fingerprint density at radius 1 is 0.750 bits per heavy atom. The summed E-state index contributed by atoms with van der Waals surface area (Å²) in [5, 5.41) is 0. The molecule has 0 amide bonds. The lowest BCUT2D eigenvalue weighted by atomic mass is 9.74. The van der Waals surface area contributed by atoms with Crippen LogP contribution in [-0.2, 0) is 19.6 Å². The third-order valence-electron chi connectivity index (χ3n) is 6.56. The van der Waals surface area contributed by atoms with Gasteiger partial charge in [0.05, 0.1) is 0 Å². The Hall–Kier alpha value is -0.160. The second kappa shape index (κ2) is 11.3. The molecule has 28 heavy (non-hydrogen) atoms. The van der Waals surface area contributed by atoms with Crippen molar-refractivity contribution in [3.05, 3.63) is 0 Å². The Balaban J connectivity index is 2.88. The van der Waals surface area contributed by atoms with Crippen LogP contribution in [-0.4, -0.2) is 17.0 Å². The molecule has 0 bridgehead atoms. The van der Waals surface area contributed by atoms with Crippen molar-refractivity contribution < 1.29 is 19.6 Å². The molecule has 0 aliphatic heterocycles. The molecule has 4 nitrogen and oxygen atoms in total. The van der Waals surface area contributed by atoms with Crippen molar-refractivity contribution in [2.24, 2.45) is 5.41 Å². The van der Waals surface area contributed by atoms with Crippen molar-refractivity contribution in [3.8, 4) is 0 Å². The molecule has 0 spiro atoms. The zero-order valence-electron chi connectivity index (χ0n) is 20.1. The topological polar surface area (TPSA) is 36.9 Å². The van der Waals surface area contributed by atoms with Gasteiger partial charge in [-0.05, 0) is 57.8 Å². The lowest BCUT2D eigenvalue weighted by Gasteiger charge is -2.44. The Morgan fingerprint density at radius 3 is 1.57 bits per heavy atom. The van der Waals surface area contributed by atoms with Gasteiger partial charge in [-0.15, -0.1) is 0 Å². The fourth-order valence-electron chi connectivity index (χ4n) is 3.91. The van der Waals surface area contributed by atoms with Gasteiger partial charge < -0.3 is 0 Å². The van der Waals surface area contributed by atoms with Crippen LogP contribution in [0.2, 0.25) is 0 Å². The van der Waals surface area contributed by atoms with E-state index in [1.54, 1.807) is 0 Å². The molecule has 1 fully saturated rings. The largest absolute Gasteiger partial charge is 0.234 e. The second-order valence-corrected chi connectivity index (χ2v) is 10.3. The first-order valence-electron chi connectivity index (χ1n) is 11.8. The van der Waals surface area contributed by atoms with E-state index in [-0.39, 0.29) is 16.6 Å². The molecule has 0 heterocycles. The molecule has 0 aromatic heterocycles. The molecule has 2 unspecified atom stereocenters. The Bertz CT molecular complexity index is 410. The third kappa shape index (κ3) is 8.30. The molecule has 1 rings (SSSR count). The summed E-state index contributed by atoms with van der Waals surface area (Å²) in [7, 11) is 0. The maximum absolute atomic E-state index is 6.16. The molecule has 0 radical (unpaired) electrons. The van der Waals surface area contributed by atoms with E-state index in [1.165, 1.54) is 6.42 Å². The van der Waals surface area contributed by atoms with Gasteiger partial charge in [0.15, 0.2) is 0 Å². The van der Waals surface area contributed by atoms with Gasteiger partial charge in [-0.3, -0.25) is 0 Å². The first-order chi connectivity index (χ1) is 13.1. The van der Waals surface area contributed by atoms with Crippen LogP contribution in [0.25, 0.3) is 0 Å². The van der Waals surface area contributed by atoms with Crippen LogP contribution >= 0.6 is 0 Å². The predicted octanol–water partition coefficient (Wildman–Crippen LogP) is 7.90. The molecular weight excluding hydrogens is 352 g/mol. The van der Waals surface area contributed by atoms with Crippen molar-refractivity contribution >= 4 is 0 Å². The normalized spacial score (nSPS) is 26.6. The van der Waals surface area contributed by atoms with Crippen LogP contribution in [0.15, 0.2) is 0 Å². The summed E-state index contributed by atoms with van der Waals surface area (Å²) < 4.78 is 0. The Kier molecular flexibility index (Phi) is 10.4. The van der Waals surface area contributed by atoms with E-state index in [0.29, 0.717) is 0 Å². The maximum Gasteiger partial charge on any atom is 0.234 e. The van der Waals surface area contributed by atoms with Crippen molar-refractivity contribution in [1.82, 2.24) is 0 Å². The highest BCUT2D eigenvalue weighted by atomic mass is 17.3. The lowest BCUT2D eigenvalue weighted by Crippen LogP contribution is -2.47. The van der Waals surface area contributed by atoms with E-state index in [4.69, 9.17) is 19.6 Å². The predicted molar refractivity (Wildman–Crippen MR) is 116 cm³/mol. The fraction of sp³-hybridized carbons (Fsp3) is 1.00. The summed E-state index contributed by atoms with van der Waals surface area (Å²) in [6, 6.07) is 0. The highest BCUT2D eigenvalue weighted by Crippen LogP contribution is 2.45. The van der Waals surface area contributed by atoms with Crippen LogP contribution in [0.1, 0.15) is 132 Å². The van der Waals surface area contributed by atoms with Gasteiger partial charge in [-0.2, -0.15) is 9.78 Å². The third-order valence-corrected chi connectivity index (χ3v) is 6.56.